The minimum absolute atomic E-state index is 0.151. The Morgan fingerprint density at radius 1 is 1.80 bits per heavy atom. The van der Waals surface area contributed by atoms with E-state index in [1.54, 1.807) is 3.93 Å². The molecule has 0 aromatic heterocycles. The Labute approximate surface area is 59.3 Å². The molecule has 0 rings (SSSR count). The fourth-order valence-corrected chi connectivity index (χ4v) is 7.87. The molecule has 0 heterocycles. The topological polar surface area (TPSA) is 0 Å². The molecule has 2 heteroatoms. The zero-order valence-electron chi connectivity index (χ0n) is 3.50. The summed E-state index contributed by atoms with van der Waals surface area (Å²) in [5.41, 5.74) is 0. The van der Waals surface area contributed by atoms with Crippen LogP contribution < -0.4 is 0 Å². The first-order valence-electron chi connectivity index (χ1n) is 1.97. The fourth-order valence-electron chi connectivity index (χ4n) is 0.134. The van der Waals surface area contributed by atoms with Gasteiger partial charge in [-0.2, -0.15) is 0 Å². The van der Waals surface area contributed by atoms with Crippen LogP contribution >= 0.6 is 22.6 Å². The first-order valence-corrected chi connectivity index (χ1v) is 12.9. The summed E-state index contributed by atoms with van der Waals surface area (Å²) in [5.74, 6) is 0. The van der Waals surface area contributed by atoms with E-state index in [2.05, 4.69) is 27.0 Å². The Kier molecular flexibility index (Phi) is 7.55. The van der Waals surface area contributed by atoms with Crippen LogP contribution in [0.15, 0.2) is 0 Å². The van der Waals surface area contributed by atoms with Gasteiger partial charge >= 0.3 is 60.0 Å². The van der Waals surface area contributed by atoms with E-state index >= 15 is 0 Å². The molecule has 0 aliphatic carbocycles. The molecule has 0 nitrogen and oxygen atoms in total. The van der Waals surface area contributed by atoms with E-state index in [9.17, 15) is 0 Å². The van der Waals surface area contributed by atoms with Gasteiger partial charge in [-0.1, -0.05) is 0 Å². The third-order valence-electron chi connectivity index (χ3n) is 0.487. The summed E-state index contributed by atoms with van der Waals surface area (Å²) < 4.78 is 5.44. The molecule has 0 spiro atoms. The van der Waals surface area contributed by atoms with Gasteiger partial charge in [0.1, 0.15) is 0 Å². The van der Waals surface area contributed by atoms with Crippen LogP contribution in [-0.4, -0.2) is 4.43 Å². The van der Waals surface area contributed by atoms with Crippen molar-refractivity contribution in [2.24, 2.45) is 0 Å². The molecule has 0 N–H and O–H groups in total. The molecule has 0 aromatic carbocycles. The predicted octanol–water partition coefficient (Wildman–Crippen LogP) is 1.97. The zero-order valence-corrected chi connectivity index (χ0v) is 11.2. The standard InChI is InChI=1S/C2H4I.CH3.Hg/c1-2-3;;/h1-2H2;1H3;. The average molecular weight is 371 g/mol. The molecule has 0 saturated carbocycles. The van der Waals surface area contributed by atoms with Crippen molar-refractivity contribution >= 4 is 22.6 Å². The van der Waals surface area contributed by atoms with Crippen LogP contribution in [0.4, 0.5) is 0 Å². The fraction of sp³-hybridized carbons (Fsp3) is 1.00. The Balaban J connectivity index is 2.19. The Morgan fingerprint density at radius 2 is 2.40 bits per heavy atom. The summed E-state index contributed by atoms with van der Waals surface area (Å²) in [6, 6.07) is 0. The number of hydrogen-bond donors (Lipinski definition) is 0. The van der Waals surface area contributed by atoms with Gasteiger partial charge in [-0.25, -0.2) is 0 Å². The second kappa shape index (κ2) is 5.67. The summed E-state index contributed by atoms with van der Waals surface area (Å²) >= 11 is 2.29. The Morgan fingerprint density at radius 3 is 2.40 bits per heavy atom. The maximum absolute atomic E-state index is 2.44. The quantitative estimate of drug-likeness (QED) is 0.396. The number of hydrogen-bond acceptors (Lipinski definition) is 0. The van der Waals surface area contributed by atoms with Crippen molar-refractivity contribution in [3.05, 3.63) is 0 Å². The molecular formula is C3H7HgI. The van der Waals surface area contributed by atoms with Gasteiger partial charge in [0, 0.05) is 0 Å². The van der Waals surface area contributed by atoms with E-state index < -0.39 is 0 Å². The predicted molar refractivity (Wildman–Crippen MR) is 29.6 cm³/mol. The van der Waals surface area contributed by atoms with E-state index in [-0.39, 0.29) is 24.6 Å². The summed E-state index contributed by atoms with van der Waals surface area (Å²) in [6.45, 7) is 0. The maximum atomic E-state index is 2.44. The van der Waals surface area contributed by atoms with Gasteiger partial charge in [-0.05, 0) is 0 Å². The van der Waals surface area contributed by atoms with Crippen molar-refractivity contribution < 1.29 is 24.6 Å². The molecule has 0 radical (unpaired) electrons. The minimum atomic E-state index is -0.151. The van der Waals surface area contributed by atoms with E-state index in [1.807, 2.05) is 0 Å². The monoisotopic (exact) mass is 372 g/mol. The van der Waals surface area contributed by atoms with E-state index in [4.69, 9.17) is 0 Å². The third-order valence-corrected chi connectivity index (χ3v) is 11.0. The number of rotatable bonds is 2. The molecule has 0 fully saturated rings. The van der Waals surface area contributed by atoms with Gasteiger partial charge in [-0.15, -0.1) is 0 Å². The normalized spacial score (nSPS) is 6.80. The van der Waals surface area contributed by atoms with Gasteiger partial charge in [0.2, 0.25) is 0 Å². The van der Waals surface area contributed by atoms with Crippen molar-refractivity contribution in [2.45, 2.75) is 8.36 Å². The Hall–Kier alpha value is 1.67. The van der Waals surface area contributed by atoms with Gasteiger partial charge < -0.3 is 0 Å². The molecule has 0 aliphatic heterocycles. The van der Waals surface area contributed by atoms with E-state index in [0.29, 0.717) is 0 Å². The molecule has 0 unspecified atom stereocenters. The summed E-state index contributed by atoms with van der Waals surface area (Å²) in [7, 11) is 0. The van der Waals surface area contributed by atoms with Gasteiger partial charge in [0.05, 0.1) is 0 Å². The first-order chi connectivity index (χ1) is 2.41. The van der Waals surface area contributed by atoms with Crippen LogP contribution in [0.2, 0.25) is 8.36 Å². The molecule has 28 valence electrons. The molecule has 5 heavy (non-hydrogen) atoms. The van der Waals surface area contributed by atoms with Crippen LogP contribution in [0.5, 0.6) is 0 Å². The van der Waals surface area contributed by atoms with Crippen molar-refractivity contribution in [3.8, 4) is 0 Å². The number of halogens is 1. The average Bonchev–Trinajstić information content (AvgIpc) is 1.41. The van der Waals surface area contributed by atoms with Gasteiger partial charge in [-0.3, -0.25) is 0 Å². The van der Waals surface area contributed by atoms with Crippen molar-refractivity contribution in [1.29, 1.82) is 0 Å². The van der Waals surface area contributed by atoms with E-state index in [1.165, 1.54) is 4.43 Å². The Bertz CT molecular complexity index is 14.4. The summed E-state index contributed by atoms with van der Waals surface area (Å²) in [6.07, 6.45) is 0. The second-order valence-corrected chi connectivity index (χ2v) is 8.76. The third kappa shape index (κ3) is 5.67. The molecule has 0 saturated heterocycles. The van der Waals surface area contributed by atoms with Crippen LogP contribution in [0.1, 0.15) is 0 Å². The van der Waals surface area contributed by atoms with Crippen LogP contribution in [-0.2, 0) is 24.6 Å². The van der Waals surface area contributed by atoms with Crippen LogP contribution in [0.25, 0.3) is 0 Å². The van der Waals surface area contributed by atoms with Gasteiger partial charge in [0.25, 0.3) is 0 Å². The van der Waals surface area contributed by atoms with Gasteiger partial charge in [0.15, 0.2) is 0 Å². The van der Waals surface area contributed by atoms with Crippen molar-refractivity contribution in [1.82, 2.24) is 0 Å². The molecule has 0 aromatic rings. The molecule has 0 amide bonds. The molecule has 0 bridgehead atoms. The molecule has 0 atom stereocenters. The van der Waals surface area contributed by atoms with E-state index in [0.717, 1.165) is 0 Å². The molecule has 0 aliphatic rings. The van der Waals surface area contributed by atoms with Crippen LogP contribution in [0, 0.1) is 0 Å². The van der Waals surface area contributed by atoms with Crippen LogP contribution in [0.3, 0.4) is 0 Å². The first kappa shape index (κ1) is 6.67. The summed E-state index contributed by atoms with van der Waals surface area (Å²) in [5, 5.41) is 0. The molecular weight excluding hydrogens is 364 g/mol. The SMILES string of the molecule is [CH3][Hg][CH2]CI. The number of alkyl halides is 1. The zero-order chi connectivity index (χ0) is 4.12. The second-order valence-electron chi connectivity index (χ2n) is 1.04. The van der Waals surface area contributed by atoms with Crippen molar-refractivity contribution in [2.75, 3.05) is 4.43 Å². The summed E-state index contributed by atoms with van der Waals surface area (Å²) in [4.78, 5) is 0. The van der Waals surface area contributed by atoms with Crippen molar-refractivity contribution in [3.63, 3.8) is 0 Å².